The fraction of sp³-hybridized carbons (Fsp3) is 0.692. The van der Waals surface area contributed by atoms with Crippen LogP contribution < -0.4 is 5.32 Å². The van der Waals surface area contributed by atoms with E-state index < -0.39 is 0 Å². The summed E-state index contributed by atoms with van der Waals surface area (Å²) in [6, 6.07) is 0. The van der Waals surface area contributed by atoms with Crippen LogP contribution in [0.1, 0.15) is 44.8 Å². The van der Waals surface area contributed by atoms with Gasteiger partial charge in [-0.1, -0.05) is 20.8 Å². The van der Waals surface area contributed by atoms with E-state index in [-0.39, 0.29) is 5.41 Å². The molecule has 3 nitrogen and oxygen atoms in total. The first kappa shape index (κ1) is 12.9. The zero-order valence-corrected chi connectivity index (χ0v) is 11.3. The van der Waals surface area contributed by atoms with Gasteiger partial charge in [0.1, 0.15) is 11.6 Å². The molecule has 16 heavy (non-hydrogen) atoms. The van der Waals surface area contributed by atoms with E-state index in [4.69, 9.17) is 0 Å². The van der Waals surface area contributed by atoms with E-state index >= 15 is 0 Å². The Hall–Kier alpha value is -1.12. The first-order chi connectivity index (χ1) is 7.33. The SMILES string of the molecule is CCNc1nc(CC(C)(C)C)nc(C)c1C. The van der Waals surface area contributed by atoms with Crippen LogP contribution in [0.15, 0.2) is 0 Å². The highest BCUT2D eigenvalue weighted by Crippen LogP contribution is 2.21. The van der Waals surface area contributed by atoms with Crippen LogP contribution in [-0.2, 0) is 6.42 Å². The topological polar surface area (TPSA) is 37.8 Å². The molecule has 90 valence electrons. The van der Waals surface area contributed by atoms with Gasteiger partial charge in [-0.15, -0.1) is 0 Å². The third kappa shape index (κ3) is 3.47. The predicted octanol–water partition coefficient (Wildman–Crippen LogP) is 3.11. The van der Waals surface area contributed by atoms with Crippen LogP contribution in [0.2, 0.25) is 0 Å². The molecule has 0 aromatic carbocycles. The molecule has 0 fully saturated rings. The fourth-order valence-electron chi connectivity index (χ4n) is 1.58. The molecule has 0 aliphatic heterocycles. The Kier molecular flexibility index (Phi) is 3.89. The summed E-state index contributed by atoms with van der Waals surface area (Å²) < 4.78 is 0. The van der Waals surface area contributed by atoms with Gasteiger partial charge in [0.2, 0.25) is 0 Å². The lowest BCUT2D eigenvalue weighted by molar-refractivity contribution is 0.400. The molecule has 1 aromatic heterocycles. The molecule has 0 unspecified atom stereocenters. The van der Waals surface area contributed by atoms with Crippen molar-refractivity contribution in [1.29, 1.82) is 0 Å². The second-order valence-corrected chi connectivity index (χ2v) is 5.47. The summed E-state index contributed by atoms with van der Waals surface area (Å²) >= 11 is 0. The second-order valence-electron chi connectivity index (χ2n) is 5.47. The third-order valence-corrected chi connectivity index (χ3v) is 2.47. The zero-order valence-electron chi connectivity index (χ0n) is 11.3. The smallest absolute Gasteiger partial charge is 0.132 e. The number of aryl methyl sites for hydroxylation is 1. The van der Waals surface area contributed by atoms with E-state index in [1.54, 1.807) is 0 Å². The van der Waals surface area contributed by atoms with E-state index in [0.29, 0.717) is 0 Å². The highest BCUT2D eigenvalue weighted by Gasteiger charge is 2.15. The first-order valence-electron chi connectivity index (χ1n) is 5.91. The van der Waals surface area contributed by atoms with Gasteiger partial charge in [0.15, 0.2) is 0 Å². The average Bonchev–Trinajstić information content (AvgIpc) is 2.11. The van der Waals surface area contributed by atoms with Gasteiger partial charge in [-0.3, -0.25) is 0 Å². The quantitative estimate of drug-likeness (QED) is 0.852. The van der Waals surface area contributed by atoms with Crippen molar-refractivity contribution in [2.45, 2.75) is 48.0 Å². The first-order valence-corrected chi connectivity index (χ1v) is 5.91. The van der Waals surface area contributed by atoms with Gasteiger partial charge in [0.25, 0.3) is 0 Å². The van der Waals surface area contributed by atoms with Crippen LogP contribution in [0, 0.1) is 19.3 Å². The number of rotatable bonds is 3. The Morgan fingerprint density at radius 1 is 1.12 bits per heavy atom. The summed E-state index contributed by atoms with van der Waals surface area (Å²) in [7, 11) is 0. The Balaban J connectivity index is 3.04. The molecule has 0 saturated carbocycles. The maximum atomic E-state index is 4.59. The molecule has 1 rings (SSSR count). The number of nitrogens with zero attached hydrogens (tertiary/aromatic N) is 2. The molecule has 3 heteroatoms. The summed E-state index contributed by atoms with van der Waals surface area (Å²) in [4.78, 5) is 9.14. The molecular weight excluding hydrogens is 198 g/mol. The van der Waals surface area contributed by atoms with Crippen molar-refractivity contribution < 1.29 is 0 Å². The minimum Gasteiger partial charge on any atom is -0.370 e. The second kappa shape index (κ2) is 4.81. The van der Waals surface area contributed by atoms with Crippen LogP contribution in [0.3, 0.4) is 0 Å². The van der Waals surface area contributed by atoms with Crippen LogP contribution in [0.5, 0.6) is 0 Å². The largest absolute Gasteiger partial charge is 0.370 e. The monoisotopic (exact) mass is 221 g/mol. The molecule has 0 radical (unpaired) electrons. The van der Waals surface area contributed by atoms with Crippen LogP contribution in [0.25, 0.3) is 0 Å². The van der Waals surface area contributed by atoms with Crippen molar-refractivity contribution in [2.75, 3.05) is 11.9 Å². The molecule has 0 bridgehead atoms. The molecule has 0 spiro atoms. The van der Waals surface area contributed by atoms with Crippen LogP contribution >= 0.6 is 0 Å². The lowest BCUT2D eigenvalue weighted by atomic mass is 9.92. The Labute approximate surface area is 98.7 Å². The molecular formula is C13H23N3. The standard InChI is InChI=1S/C13H23N3/c1-7-14-12-9(2)10(3)15-11(16-12)8-13(4,5)6/h7-8H2,1-6H3,(H,14,15,16). The maximum absolute atomic E-state index is 4.59. The van der Waals surface area contributed by atoms with Crippen LogP contribution in [-0.4, -0.2) is 16.5 Å². The minimum atomic E-state index is 0.227. The average molecular weight is 221 g/mol. The fourth-order valence-corrected chi connectivity index (χ4v) is 1.58. The van der Waals surface area contributed by atoms with Crippen molar-refractivity contribution in [3.8, 4) is 0 Å². The Morgan fingerprint density at radius 2 is 1.75 bits per heavy atom. The molecule has 0 aliphatic rings. The number of hydrogen-bond donors (Lipinski definition) is 1. The van der Waals surface area contributed by atoms with Crippen molar-refractivity contribution in [3.05, 3.63) is 17.1 Å². The normalized spacial score (nSPS) is 11.6. The van der Waals surface area contributed by atoms with E-state index in [1.807, 2.05) is 6.92 Å². The predicted molar refractivity (Wildman–Crippen MR) is 68.8 cm³/mol. The van der Waals surface area contributed by atoms with Crippen molar-refractivity contribution in [1.82, 2.24) is 9.97 Å². The molecule has 1 aromatic rings. The van der Waals surface area contributed by atoms with Gasteiger partial charge in [-0.25, -0.2) is 9.97 Å². The molecule has 0 saturated heterocycles. The van der Waals surface area contributed by atoms with Gasteiger partial charge >= 0.3 is 0 Å². The van der Waals surface area contributed by atoms with Crippen molar-refractivity contribution in [2.24, 2.45) is 5.41 Å². The highest BCUT2D eigenvalue weighted by molar-refractivity contribution is 5.45. The minimum absolute atomic E-state index is 0.227. The van der Waals surface area contributed by atoms with Crippen LogP contribution in [0.4, 0.5) is 5.82 Å². The molecule has 0 atom stereocenters. The van der Waals surface area contributed by atoms with Gasteiger partial charge in [0.05, 0.1) is 0 Å². The van der Waals surface area contributed by atoms with E-state index in [9.17, 15) is 0 Å². The summed E-state index contributed by atoms with van der Waals surface area (Å²) in [6.45, 7) is 13.7. The molecule has 1 heterocycles. The number of aromatic nitrogens is 2. The highest BCUT2D eigenvalue weighted by atomic mass is 15.0. The number of nitrogens with one attached hydrogen (secondary N) is 1. The van der Waals surface area contributed by atoms with Gasteiger partial charge in [-0.05, 0) is 26.2 Å². The molecule has 0 amide bonds. The number of anilines is 1. The van der Waals surface area contributed by atoms with E-state index in [0.717, 1.165) is 35.9 Å². The Morgan fingerprint density at radius 3 is 2.25 bits per heavy atom. The van der Waals surface area contributed by atoms with Gasteiger partial charge < -0.3 is 5.32 Å². The molecule has 0 aliphatic carbocycles. The Bertz CT molecular complexity index is 364. The van der Waals surface area contributed by atoms with Gasteiger partial charge in [-0.2, -0.15) is 0 Å². The van der Waals surface area contributed by atoms with E-state index in [1.165, 1.54) is 0 Å². The van der Waals surface area contributed by atoms with Crippen molar-refractivity contribution in [3.63, 3.8) is 0 Å². The van der Waals surface area contributed by atoms with Crippen molar-refractivity contribution >= 4 is 5.82 Å². The van der Waals surface area contributed by atoms with E-state index in [2.05, 4.69) is 49.9 Å². The summed E-state index contributed by atoms with van der Waals surface area (Å²) in [5, 5.41) is 3.29. The summed E-state index contributed by atoms with van der Waals surface area (Å²) in [5.74, 6) is 1.92. The summed E-state index contributed by atoms with van der Waals surface area (Å²) in [6.07, 6.45) is 0.909. The van der Waals surface area contributed by atoms with Gasteiger partial charge in [0, 0.05) is 24.2 Å². The maximum Gasteiger partial charge on any atom is 0.132 e. The lowest BCUT2D eigenvalue weighted by Crippen LogP contribution is -2.15. The summed E-state index contributed by atoms with van der Waals surface area (Å²) in [5.41, 5.74) is 2.45. The molecule has 1 N–H and O–H groups in total. The lowest BCUT2D eigenvalue weighted by Gasteiger charge is -2.18. The third-order valence-electron chi connectivity index (χ3n) is 2.47. The number of hydrogen-bond acceptors (Lipinski definition) is 3. The zero-order chi connectivity index (χ0) is 12.3.